The quantitative estimate of drug-likeness (QED) is 0.416. The number of nitro benzene ring substituents is 1. The Kier molecular flexibility index (Phi) is 3.85. The van der Waals surface area contributed by atoms with Crippen LogP contribution in [-0.4, -0.2) is 24.6 Å². The maximum atomic E-state index is 11.6. The molecule has 0 saturated heterocycles. The molecule has 1 heterocycles. The fourth-order valence-corrected chi connectivity index (χ4v) is 3.62. The summed E-state index contributed by atoms with van der Waals surface area (Å²) in [5.74, 6) is 0.382. The van der Waals surface area contributed by atoms with Gasteiger partial charge in [-0.05, 0) is 30.3 Å². The molecule has 136 valence electrons. The average Bonchev–Trinajstić information content (AvgIpc) is 2.98. The second kappa shape index (κ2) is 6.10. The molecule has 0 atom stereocenters. The van der Waals surface area contributed by atoms with E-state index in [0.29, 0.717) is 5.75 Å². The zero-order chi connectivity index (χ0) is 19.2. The molecule has 0 spiro atoms. The standard InChI is InChI=1S/C19H14N2O5S/c1-27(24,25)13-7-9-19(18(11-13)21(22)23)26-12-6-8-15-14-4-2-3-5-16(14)20-17(15)10-12/h2-11,20H,1H3. The summed E-state index contributed by atoms with van der Waals surface area (Å²) in [6, 6.07) is 16.8. The van der Waals surface area contributed by atoms with E-state index in [2.05, 4.69) is 4.98 Å². The van der Waals surface area contributed by atoms with Crippen LogP contribution < -0.4 is 4.74 Å². The van der Waals surface area contributed by atoms with Gasteiger partial charge < -0.3 is 9.72 Å². The molecular weight excluding hydrogens is 368 g/mol. The van der Waals surface area contributed by atoms with Gasteiger partial charge in [0.05, 0.1) is 15.3 Å². The number of hydrogen-bond acceptors (Lipinski definition) is 5. The fraction of sp³-hybridized carbons (Fsp3) is 0.0526. The molecule has 0 radical (unpaired) electrons. The minimum Gasteiger partial charge on any atom is -0.450 e. The minimum atomic E-state index is -3.56. The highest BCUT2D eigenvalue weighted by molar-refractivity contribution is 7.90. The molecule has 4 aromatic rings. The molecule has 0 aliphatic carbocycles. The predicted octanol–water partition coefficient (Wildman–Crippen LogP) is 4.43. The number of para-hydroxylation sites is 1. The first-order chi connectivity index (χ1) is 12.8. The van der Waals surface area contributed by atoms with Crippen molar-refractivity contribution < 1.29 is 18.1 Å². The molecule has 1 N–H and O–H groups in total. The first-order valence-electron chi connectivity index (χ1n) is 8.00. The van der Waals surface area contributed by atoms with Gasteiger partial charge in [-0.3, -0.25) is 10.1 Å². The van der Waals surface area contributed by atoms with Gasteiger partial charge in [-0.15, -0.1) is 0 Å². The Morgan fingerprint density at radius 3 is 2.44 bits per heavy atom. The summed E-state index contributed by atoms with van der Waals surface area (Å²) in [7, 11) is -3.56. The third-order valence-corrected chi connectivity index (χ3v) is 5.37. The lowest BCUT2D eigenvalue weighted by atomic mass is 10.1. The number of aromatic nitrogens is 1. The van der Waals surface area contributed by atoms with Crippen molar-refractivity contribution in [2.24, 2.45) is 0 Å². The molecule has 0 amide bonds. The topological polar surface area (TPSA) is 102 Å². The average molecular weight is 382 g/mol. The summed E-state index contributed by atoms with van der Waals surface area (Å²) in [6.07, 6.45) is 0.996. The molecule has 1 aromatic heterocycles. The highest BCUT2D eigenvalue weighted by atomic mass is 32.2. The molecule has 0 unspecified atom stereocenters. The van der Waals surface area contributed by atoms with Crippen LogP contribution in [0.15, 0.2) is 65.6 Å². The van der Waals surface area contributed by atoms with Gasteiger partial charge in [-0.1, -0.05) is 18.2 Å². The third kappa shape index (κ3) is 3.11. The van der Waals surface area contributed by atoms with Gasteiger partial charge in [0.2, 0.25) is 5.75 Å². The second-order valence-corrected chi connectivity index (χ2v) is 8.15. The zero-order valence-corrected chi connectivity index (χ0v) is 15.0. The van der Waals surface area contributed by atoms with Crippen molar-refractivity contribution in [3.63, 3.8) is 0 Å². The van der Waals surface area contributed by atoms with Crippen molar-refractivity contribution >= 4 is 37.3 Å². The van der Waals surface area contributed by atoms with Gasteiger partial charge in [0.15, 0.2) is 9.84 Å². The summed E-state index contributed by atoms with van der Waals surface area (Å²) in [5, 5.41) is 13.4. The summed E-state index contributed by atoms with van der Waals surface area (Å²) in [4.78, 5) is 13.8. The summed E-state index contributed by atoms with van der Waals surface area (Å²) >= 11 is 0. The number of benzene rings is 3. The lowest BCUT2D eigenvalue weighted by Crippen LogP contribution is -2.00. The third-order valence-electron chi connectivity index (χ3n) is 4.26. The van der Waals surface area contributed by atoms with Crippen LogP contribution in [-0.2, 0) is 9.84 Å². The second-order valence-electron chi connectivity index (χ2n) is 6.14. The molecule has 4 rings (SSSR count). The Morgan fingerprint density at radius 2 is 1.70 bits per heavy atom. The lowest BCUT2D eigenvalue weighted by Gasteiger charge is -2.08. The summed E-state index contributed by atoms with van der Waals surface area (Å²) in [6.45, 7) is 0. The molecule has 27 heavy (non-hydrogen) atoms. The number of aromatic amines is 1. The van der Waals surface area contributed by atoms with E-state index >= 15 is 0 Å². The van der Waals surface area contributed by atoms with Crippen LogP contribution in [0.5, 0.6) is 11.5 Å². The molecule has 0 saturated carbocycles. The van der Waals surface area contributed by atoms with E-state index in [1.165, 1.54) is 12.1 Å². The van der Waals surface area contributed by atoms with Gasteiger partial charge >= 0.3 is 5.69 Å². The van der Waals surface area contributed by atoms with Crippen LogP contribution in [0.2, 0.25) is 0 Å². The van der Waals surface area contributed by atoms with E-state index in [9.17, 15) is 18.5 Å². The van der Waals surface area contributed by atoms with Crippen molar-refractivity contribution in [3.8, 4) is 11.5 Å². The van der Waals surface area contributed by atoms with E-state index in [4.69, 9.17) is 4.74 Å². The van der Waals surface area contributed by atoms with Crippen molar-refractivity contribution in [2.45, 2.75) is 4.90 Å². The number of nitrogens with zero attached hydrogens (tertiary/aromatic N) is 1. The number of rotatable bonds is 4. The molecule has 3 aromatic carbocycles. The van der Waals surface area contributed by atoms with E-state index in [1.807, 2.05) is 30.3 Å². The molecule has 7 nitrogen and oxygen atoms in total. The number of hydrogen-bond donors (Lipinski definition) is 1. The van der Waals surface area contributed by atoms with Gasteiger partial charge in [-0.25, -0.2) is 8.42 Å². The smallest absolute Gasteiger partial charge is 0.312 e. The molecule has 0 bridgehead atoms. The Hall–Kier alpha value is -3.39. The Labute approximate surface area is 154 Å². The Morgan fingerprint density at radius 1 is 0.963 bits per heavy atom. The van der Waals surface area contributed by atoms with Crippen molar-refractivity contribution in [1.29, 1.82) is 0 Å². The summed E-state index contributed by atoms with van der Waals surface area (Å²) < 4.78 is 29.0. The number of nitrogens with one attached hydrogen (secondary N) is 1. The van der Waals surface area contributed by atoms with Crippen LogP contribution in [0.3, 0.4) is 0 Å². The van der Waals surface area contributed by atoms with Crippen LogP contribution in [0.25, 0.3) is 21.8 Å². The number of H-pyrrole nitrogens is 1. The first kappa shape index (κ1) is 17.0. The molecular formula is C19H14N2O5S. The molecule has 0 aliphatic heterocycles. The number of nitro groups is 1. The van der Waals surface area contributed by atoms with Gasteiger partial charge in [-0.2, -0.15) is 0 Å². The highest BCUT2D eigenvalue weighted by Crippen LogP contribution is 2.35. The SMILES string of the molecule is CS(=O)(=O)c1ccc(Oc2ccc3c(c2)[nH]c2ccccc23)c([N+](=O)[O-])c1. The largest absolute Gasteiger partial charge is 0.450 e. The van der Waals surface area contributed by atoms with E-state index in [-0.39, 0.29) is 10.6 Å². The van der Waals surface area contributed by atoms with Crippen LogP contribution in [0, 0.1) is 10.1 Å². The van der Waals surface area contributed by atoms with Crippen LogP contribution in [0.4, 0.5) is 5.69 Å². The maximum absolute atomic E-state index is 11.6. The van der Waals surface area contributed by atoms with E-state index in [0.717, 1.165) is 34.1 Å². The van der Waals surface area contributed by atoms with Crippen molar-refractivity contribution in [3.05, 3.63) is 70.8 Å². The van der Waals surface area contributed by atoms with Crippen LogP contribution in [0.1, 0.15) is 0 Å². The monoisotopic (exact) mass is 382 g/mol. The molecule has 0 aliphatic rings. The van der Waals surface area contributed by atoms with Gasteiger partial charge in [0.1, 0.15) is 5.75 Å². The first-order valence-corrected chi connectivity index (χ1v) is 9.89. The lowest BCUT2D eigenvalue weighted by molar-refractivity contribution is -0.385. The highest BCUT2D eigenvalue weighted by Gasteiger charge is 2.20. The van der Waals surface area contributed by atoms with Crippen molar-refractivity contribution in [1.82, 2.24) is 4.98 Å². The Balaban J connectivity index is 1.77. The molecule has 0 fully saturated rings. The van der Waals surface area contributed by atoms with E-state index < -0.39 is 20.4 Å². The summed E-state index contributed by atoms with van der Waals surface area (Å²) in [5.41, 5.74) is 1.41. The number of sulfone groups is 1. The normalized spacial score (nSPS) is 11.7. The Bertz CT molecular complexity index is 1310. The maximum Gasteiger partial charge on any atom is 0.312 e. The molecule has 8 heteroatoms. The predicted molar refractivity (Wildman–Crippen MR) is 102 cm³/mol. The number of ether oxygens (including phenoxy) is 1. The van der Waals surface area contributed by atoms with Gasteiger partial charge in [0.25, 0.3) is 0 Å². The zero-order valence-electron chi connectivity index (χ0n) is 14.2. The van der Waals surface area contributed by atoms with E-state index in [1.54, 1.807) is 12.1 Å². The van der Waals surface area contributed by atoms with Crippen LogP contribution >= 0.6 is 0 Å². The number of fused-ring (bicyclic) bond motifs is 3. The fourth-order valence-electron chi connectivity index (χ4n) is 2.98. The minimum absolute atomic E-state index is 0.0251. The van der Waals surface area contributed by atoms with Crippen molar-refractivity contribution in [2.75, 3.05) is 6.26 Å². The van der Waals surface area contributed by atoms with Gasteiger partial charge in [0, 0.05) is 34.7 Å².